The molecule has 0 aliphatic carbocycles. The second-order valence-corrected chi connectivity index (χ2v) is 16.0. The summed E-state index contributed by atoms with van der Waals surface area (Å²) in [5.74, 6) is -0.711. The van der Waals surface area contributed by atoms with Gasteiger partial charge in [0.1, 0.15) is 12.4 Å². The van der Waals surface area contributed by atoms with Crippen molar-refractivity contribution >= 4 is 35.7 Å². The van der Waals surface area contributed by atoms with Crippen molar-refractivity contribution in [1.29, 1.82) is 0 Å². The zero-order chi connectivity index (χ0) is 24.6. The van der Waals surface area contributed by atoms with Crippen molar-refractivity contribution in [3.8, 4) is 11.4 Å². The summed E-state index contributed by atoms with van der Waals surface area (Å²) in [6, 6.07) is 6.75. The zero-order valence-corrected chi connectivity index (χ0v) is 21.5. The van der Waals surface area contributed by atoms with Gasteiger partial charge in [0.05, 0.1) is 37.1 Å². The van der Waals surface area contributed by atoms with E-state index in [-0.39, 0.29) is 23.0 Å². The zero-order valence-electron chi connectivity index (χ0n) is 20.5. The molecule has 0 bridgehead atoms. The Kier molecular flexibility index (Phi) is 4.99. The van der Waals surface area contributed by atoms with Crippen LogP contribution >= 0.6 is 0 Å². The van der Waals surface area contributed by atoms with Crippen LogP contribution < -0.4 is 10.7 Å². The topological polar surface area (TPSA) is 61.2 Å². The number of carbonyl (C=O) groups excluding carboxylic acids is 1. The van der Waals surface area contributed by atoms with E-state index in [1.54, 1.807) is 16.7 Å². The molecule has 1 aromatic carbocycles. The number of nitrogens with zero attached hydrogens (tertiary/aromatic N) is 2. The van der Waals surface area contributed by atoms with Crippen molar-refractivity contribution in [3.05, 3.63) is 63.2 Å². The fourth-order valence-corrected chi connectivity index (χ4v) is 7.63. The summed E-state index contributed by atoms with van der Waals surface area (Å²) in [6.45, 7) is 13.6. The first-order valence-corrected chi connectivity index (χ1v) is 14.7. The van der Waals surface area contributed by atoms with Gasteiger partial charge in [-0.3, -0.25) is 4.79 Å². The van der Waals surface area contributed by atoms with Gasteiger partial charge in [0.15, 0.2) is 0 Å². The quantitative estimate of drug-likeness (QED) is 0.297. The van der Waals surface area contributed by atoms with Gasteiger partial charge in [0.2, 0.25) is 0 Å². The summed E-state index contributed by atoms with van der Waals surface area (Å²) in [5, 5.41) is 2.01. The summed E-state index contributed by atoms with van der Waals surface area (Å²) >= 11 is 0. The van der Waals surface area contributed by atoms with Gasteiger partial charge in [-0.05, 0) is 57.6 Å². The highest BCUT2D eigenvalue weighted by atomic mass is 28.3. The highest BCUT2D eigenvalue weighted by Gasteiger charge is 2.42. The molecule has 0 N–H and O–H groups in total. The van der Waals surface area contributed by atoms with Gasteiger partial charge in [0.25, 0.3) is 5.56 Å². The minimum absolute atomic E-state index is 0.00455. The van der Waals surface area contributed by atoms with Gasteiger partial charge in [-0.2, -0.15) is 0 Å². The molecule has 0 fully saturated rings. The van der Waals surface area contributed by atoms with Crippen LogP contribution in [0.4, 0.5) is 4.39 Å². The molecule has 2 aliphatic heterocycles. The highest BCUT2D eigenvalue weighted by molar-refractivity contribution is 6.94. The minimum atomic E-state index is -2.15. The van der Waals surface area contributed by atoms with Gasteiger partial charge < -0.3 is 9.30 Å². The number of carbonyl (C=O) groups is 1. The van der Waals surface area contributed by atoms with Crippen LogP contribution in [0.2, 0.25) is 18.1 Å². The summed E-state index contributed by atoms with van der Waals surface area (Å²) in [7, 11) is -2.15. The number of aromatic nitrogens is 2. The predicted molar refractivity (Wildman–Crippen MR) is 135 cm³/mol. The number of hydrogen-bond acceptors (Lipinski definition) is 4. The van der Waals surface area contributed by atoms with Crippen LogP contribution in [0.25, 0.3) is 27.9 Å². The Morgan fingerprint density at radius 2 is 1.88 bits per heavy atom. The number of cyclic esters (lactones) is 1. The number of hydrogen-bond donors (Lipinski definition) is 0. The van der Waals surface area contributed by atoms with Crippen LogP contribution in [0.5, 0.6) is 0 Å². The second kappa shape index (κ2) is 7.47. The van der Waals surface area contributed by atoms with Crippen molar-refractivity contribution < 1.29 is 13.9 Å². The SMILES string of the molecule is CCC1=CC(=O)OCc2c1cc1n(c2=O)Cc2c-1nc1ccc(F)cc1c2[Si](C)(C)C(C)(C)C. The van der Waals surface area contributed by atoms with Crippen LogP contribution in [0.3, 0.4) is 0 Å². The predicted octanol–water partition coefficient (Wildman–Crippen LogP) is 5.13. The molecule has 2 aliphatic rings. The van der Waals surface area contributed by atoms with Crippen LogP contribution in [-0.2, 0) is 22.7 Å². The van der Waals surface area contributed by atoms with Crippen molar-refractivity contribution in [2.75, 3.05) is 0 Å². The first-order chi connectivity index (χ1) is 15.9. The van der Waals surface area contributed by atoms with E-state index in [4.69, 9.17) is 9.72 Å². The molecule has 5 rings (SSSR count). The summed E-state index contributed by atoms with van der Waals surface area (Å²) in [5.41, 5.74) is 5.17. The number of esters is 1. The molecule has 0 spiro atoms. The molecular weight excluding hydrogens is 447 g/mol. The van der Waals surface area contributed by atoms with E-state index in [9.17, 15) is 14.0 Å². The lowest BCUT2D eigenvalue weighted by atomic mass is 9.98. The molecule has 0 amide bonds. The molecular formula is C27H29FN2O3Si. The van der Waals surface area contributed by atoms with Crippen LogP contribution in [0.1, 0.15) is 50.8 Å². The molecule has 4 heterocycles. The van der Waals surface area contributed by atoms with Crippen molar-refractivity contribution in [2.45, 2.75) is 65.4 Å². The van der Waals surface area contributed by atoms with E-state index in [0.717, 1.165) is 44.2 Å². The maximum absolute atomic E-state index is 14.4. The molecule has 7 heteroatoms. The van der Waals surface area contributed by atoms with E-state index in [2.05, 4.69) is 33.9 Å². The van der Waals surface area contributed by atoms with Crippen molar-refractivity contribution in [1.82, 2.24) is 9.55 Å². The molecule has 34 heavy (non-hydrogen) atoms. The molecule has 2 aromatic heterocycles. The van der Waals surface area contributed by atoms with Crippen LogP contribution in [-0.4, -0.2) is 23.6 Å². The Morgan fingerprint density at radius 3 is 2.56 bits per heavy atom. The number of allylic oxidation sites excluding steroid dienone is 1. The van der Waals surface area contributed by atoms with Gasteiger partial charge in [-0.1, -0.05) is 40.8 Å². The number of rotatable bonds is 2. The summed E-state index contributed by atoms with van der Waals surface area (Å²) in [4.78, 5) is 30.7. The minimum Gasteiger partial charge on any atom is -0.457 e. The molecule has 3 aromatic rings. The Morgan fingerprint density at radius 1 is 1.15 bits per heavy atom. The van der Waals surface area contributed by atoms with Crippen LogP contribution in [0, 0.1) is 5.82 Å². The average Bonchev–Trinajstić information content (AvgIpc) is 3.03. The van der Waals surface area contributed by atoms with Gasteiger partial charge in [-0.25, -0.2) is 14.2 Å². The van der Waals surface area contributed by atoms with E-state index >= 15 is 0 Å². The molecule has 5 nitrogen and oxygen atoms in total. The lowest BCUT2D eigenvalue weighted by Crippen LogP contribution is -2.51. The smallest absolute Gasteiger partial charge is 0.331 e. The van der Waals surface area contributed by atoms with Gasteiger partial charge >= 0.3 is 5.97 Å². The maximum Gasteiger partial charge on any atom is 0.331 e. The molecule has 0 saturated heterocycles. The summed E-state index contributed by atoms with van der Waals surface area (Å²) in [6.07, 6.45) is 2.09. The number of benzene rings is 1. The fraction of sp³-hybridized carbons (Fsp3) is 0.370. The van der Waals surface area contributed by atoms with E-state index in [1.165, 1.54) is 12.1 Å². The number of fused-ring (bicyclic) bond motifs is 5. The van der Waals surface area contributed by atoms with Crippen molar-refractivity contribution in [3.63, 3.8) is 0 Å². The molecule has 0 atom stereocenters. The Labute approximate surface area is 199 Å². The molecule has 0 unspecified atom stereocenters. The third kappa shape index (κ3) is 3.21. The average molecular weight is 477 g/mol. The first-order valence-electron chi connectivity index (χ1n) is 11.7. The third-order valence-electron chi connectivity index (χ3n) is 7.88. The molecule has 176 valence electrons. The first kappa shape index (κ1) is 22.7. The Balaban J connectivity index is 1.87. The maximum atomic E-state index is 14.4. The lowest BCUT2D eigenvalue weighted by Gasteiger charge is -2.39. The highest BCUT2D eigenvalue weighted by Crippen LogP contribution is 2.41. The van der Waals surface area contributed by atoms with Crippen LogP contribution in [0.15, 0.2) is 35.1 Å². The molecule has 0 saturated carbocycles. The standard InChI is InChI=1S/C27H29FN2O3Si/c1-7-15-10-23(31)33-14-20-17(15)12-22-24-19(13-30(22)26(20)32)25(34(5,6)27(2,3)4)18-11-16(28)8-9-21(18)29-24/h8-12H,7,13-14H2,1-6H3. The van der Waals surface area contributed by atoms with Gasteiger partial charge in [0, 0.05) is 11.5 Å². The second-order valence-electron chi connectivity index (χ2n) is 10.8. The fourth-order valence-electron chi connectivity index (χ4n) is 5.05. The lowest BCUT2D eigenvalue weighted by molar-refractivity contribution is -0.138. The van der Waals surface area contributed by atoms with E-state index < -0.39 is 14.0 Å². The molecule has 0 radical (unpaired) electrons. The number of pyridine rings is 2. The number of halogens is 1. The Bertz CT molecular complexity index is 1480. The third-order valence-corrected chi connectivity index (χ3v) is 13.5. The number of ether oxygens (including phenoxy) is 1. The summed E-state index contributed by atoms with van der Waals surface area (Å²) < 4.78 is 21.5. The van der Waals surface area contributed by atoms with Gasteiger partial charge in [-0.15, -0.1) is 0 Å². The largest absolute Gasteiger partial charge is 0.457 e. The van der Waals surface area contributed by atoms with Crippen molar-refractivity contribution in [2.24, 2.45) is 0 Å². The van der Waals surface area contributed by atoms with E-state index in [1.807, 2.05) is 13.0 Å². The Hall–Kier alpha value is -3.06. The monoisotopic (exact) mass is 476 g/mol. The normalized spacial score (nSPS) is 15.4. The van der Waals surface area contributed by atoms with E-state index in [0.29, 0.717) is 18.5 Å².